The maximum absolute atomic E-state index is 10.7. The van der Waals surface area contributed by atoms with Crippen molar-refractivity contribution in [1.29, 1.82) is 0 Å². The van der Waals surface area contributed by atoms with Gasteiger partial charge in [0.25, 0.3) is 5.91 Å². The van der Waals surface area contributed by atoms with Crippen LogP contribution in [0.25, 0.3) is 0 Å². The molecule has 5 N–H and O–H groups in total. The molecule has 0 spiro atoms. The lowest BCUT2D eigenvalue weighted by molar-refractivity contribution is -0.137. The molecule has 0 bridgehead atoms. The lowest BCUT2D eigenvalue weighted by Crippen LogP contribution is -2.14. The van der Waals surface area contributed by atoms with Crippen molar-refractivity contribution in [2.24, 2.45) is 5.73 Å². The van der Waals surface area contributed by atoms with E-state index in [1.54, 1.807) is 0 Å². The number of primary amides is 1. The van der Waals surface area contributed by atoms with Gasteiger partial charge in [-0.1, -0.05) is 0 Å². The fourth-order valence-electron chi connectivity index (χ4n) is 0.953. The summed E-state index contributed by atoms with van der Waals surface area (Å²) in [7, 11) is 0. The first-order chi connectivity index (χ1) is 6.50. The number of rotatable bonds is 4. The number of nitrogens with zero attached hydrogens (tertiary/aromatic N) is 2. The average molecular weight is 198 g/mol. The topological polar surface area (TPSA) is 124 Å². The Hall–Kier alpha value is -2.05. The predicted octanol–water partition coefficient (Wildman–Crippen LogP) is -0.961. The fourth-order valence-corrected chi connectivity index (χ4v) is 0.953. The summed E-state index contributed by atoms with van der Waals surface area (Å²) in [5.74, 6) is -1.67. The normalized spacial score (nSPS) is 10.0. The number of amides is 1. The van der Waals surface area contributed by atoms with E-state index in [9.17, 15) is 9.59 Å². The van der Waals surface area contributed by atoms with Crippen LogP contribution in [0, 0.1) is 0 Å². The summed E-state index contributed by atoms with van der Waals surface area (Å²) in [5, 5.41) is 12.1. The number of nitrogens with two attached hydrogens (primary N) is 2. The molecule has 1 heterocycles. The molecule has 0 radical (unpaired) electrons. The molecule has 0 aliphatic heterocycles. The van der Waals surface area contributed by atoms with Crippen molar-refractivity contribution in [2.45, 2.75) is 13.0 Å². The molecule has 0 atom stereocenters. The Balaban J connectivity index is 2.76. The highest BCUT2D eigenvalue weighted by atomic mass is 16.4. The molecule has 1 aromatic heterocycles. The predicted molar refractivity (Wildman–Crippen MR) is 47.4 cm³/mol. The average Bonchev–Trinajstić information content (AvgIpc) is 2.43. The quantitative estimate of drug-likeness (QED) is 0.574. The number of aromatic nitrogens is 2. The summed E-state index contributed by atoms with van der Waals surface area (Å²) < 4.78 is 1.28. The molecule has 0 aromatic carbocycles. The summed E-state index contributed by atoms with van der Waals surface area (Å²) in [6.07, 6.45) is 1.29. The van der Waals surface area contributed by atoms with E-state index >= 15 is 0 Å². The molecular weight excluding hydrogens is 188 g/mol. The lowest BCUT2D eigenvalue weighted by Gasteiger charge is -1.95. The van der Waals surface area contributed by atoms with Crippen LogP contribution >= 0.6 is 0 Å². The Morgan fingerprint density at radius 1 is 1.57 bits per heavy atom. The summed E-state index contributed by atoms with van der Waals surface area (Å²) >= 11 is 0. The Morgan fingerprint density at radius 3 is 2.64 bits per heavy atom. The second-order valence-corrected chi connectivity index (χ2v) is 2.70. The van der Waals surface area contributed by atoms with Crippen molar-refractivity contribution in [1.82, 2.24) is 9.78 Å². The van der Waals surface area contributed by atoms with E-state index in [1.807, 2.05) is 0 Å². The van der Waals surface area contributed by atoms with Crippen LogP contribution < -0.4 is 11.5 Å². The first kappa shape index (κ1) is 10.0. The smallest absolute Gasteiger partial charge is 0.305 e. The van der Waals surface area contributed by atoms with Gasteiger partial charge in [0.1, 0.15) is 0 Å². The molecule has 7 nitrogen and oxygen atoms in total. The van der Waals surface area contributed by atoms with Crippen molar-refractivity contribution in [2.75, 3.05) is 5.73 Å². The van der Waals surface area contributed by atoms with Crippen LogP contribution in [0.3, 0.4) is 0 Å². The zero-order chi connectivity index (χ0) is 10.7. The molecule has 1 aromatic rings. The number of carboxylic acid groups (broad SMARTS) is 1. The number of hydrogen-bond acceptors (Lipinski definition) is 4. The molecule has 0 unspecified atom stereocenters. The number of nitrogen functional groups attached to an aromatic ring is 1. The molecule has 0 aliphatic carbocycles. The van der Waals surface area contributed by atoms with Crippen LogP contribution in [-0.4, -0.2) is 26.8 Å². The Bertz CT molecular complexity index is 371. The highest BCUT2D eigenvalue weighted by Crippen LogP contribution is 2.08. The van der Waals surface area contributed by atoms with E-state index in [0.29, 0.717) is 0 Å². The van der Waals surface area contributed by atoms with E-state index in [4.69, 9.17) is 16.6 Å². The first-order valence-corrected chi connectivity index (χ1v) is 3.85. The Kier molecular flexibility index (Phi) is 2.70. The van der Waals surface area contributed by atoms with Crippen LogP contribution in [0.2, 0.25) is 0 Å². The van der Waals surface area contributed by atoms with Crippen LogP contribution in [0.1, 0.15) is 16.9 Å². The van der Waals surface area contributed by atoms with Crippen LogP contribution in [0.4, 0.5) is 5.69 Å². The van der Waals surface area contributed by atoms with Gasteiger partial charge in [0.2, 0.25) is 0 Å². The van der Waals surface area contributed by atoms with Gasteiger partial charge in [0.05, 0.1) is 18.7 Å². The fraction of sp³-hybridized carbons (Fsp3) is 0.286. The van der Waals surface area contributed by atoms with Crippen molar-refractivity contribution in [3.8, 4) is 0 Å². The summed E-state index contributed by atoms with van der Waals surface area (Å²) in [6, 6.07) is 0. The minimum absolute atomic E-state index is 0.0320. The standard InChI is InChI=1S/C7H10N4O3/c8-4-3-11(2-1-5(12)13)10-6(4)7(9)14/h3H,1-2,8H2,(H2,9,14)(H,12,13). The summed E-state index contributed by atoms with van der Waals surface area (Å²) in [5.41, 5.74) is 10.5. The molecule has 7 heteroatoms. The molecule has 1 amide bonds. The van der Waals surface area contributed by atoms with Gasteiger partial charge in [-0.2, -0.15) is 5.10 Å². The third-order valence-corrected chi connectivity index (χ3v) is 1.58. The number of anilines is 1. The van der Waals surface area contributed by atoms with Gasteiger partial charge in [0, 0.05) is 6.20 Å². The third-order valence-electron chi connectivity index (χ3n) is 1.58. The highest BCUT2D eigenvalue weighted by Gasteiger charge is 2.11. The van der Waals surface area contributed by atoms with Crippen molar-refractivity contribution in [3.05, 3.63) is 11.9 Å². The van der Waals surface area contributed by atoms with E-state index in [1.165, 1.54) is 10.9 Å². The summed E-state index contributed by atoms with van der Waals surface area (Å²) in [4.78, 5) is 21.0. The van der Waals surface area contributed by atoms with E-state index in [2.05, 4.69) is 5.10 Å². The van der Waals surface area contributed by atoms with Gasteiger partial charge >= 0.3 is 5.97 Å². The number of carbonyl (C=O) groups is 2. The van der Waals surface area contributed by atoms with E-state index in [0.717, 1.165) is 0 Å². The molecule has 14 heavy (non-hydrogen) atoms. The summed E-state index contributed by atoms with van der Waals surface area (Å²) in [6.45, 7) is 0.160. The largest absolute Gasteiger partial charge is 0.481 e. The minimum Gasteiger partial charge on any atom is -0.481 e. The maximum atomic E-state index is 10.7. The number of aryl methyl sites for hydroxylation is 1. The third kappa shape index (κ3) is 2.22. The van der Waals surface area contributed by atoms with Crippen LogP contribution in [-0.2, 0) is 11.3 Å². The number of carbonyl (C=O) groups excluding carboxylic acids is 1. The van der Waals surface area contributed by atoms with Crippen molar-refractivity contribution < 1.29 is 14.7 Å². The van der Waals surface area contributed by atoms with Gasteiger partial charge in [0.15, 0.2) is 5.69 Å². The Labute approximate surface area is 79.3 Å². The lowest BCUT2D eigenvalue weighted by atomic mass is 10.4. The molecule has 1 rings (SSSR count). The van der Waals surface area contributed by atoms with Crippen molar-refractivity contribution >= 4 is 17.6 Å². The van der Waals surface area contributed by atoms with Gasteiger partial charge in [-0.3, -0.25) is 14.3 Å². The zero-order valence-corrected chi connectivity index (χ0v) is 7.30. The van der Waals surface area contributed by atoms with Gasteiger partial charge in [-0.05, 0) is 0 Å². The van der Waals surface area contributed by atoms with E-state index in [-0.39, 0.29) is 24.3 Å². The second-order valence-electron chi connectivity index (χ2n) is 2.70. The molecule has 0 saturated heterocycles. The van der Waals surface area contributed by atoms with Crippen molar-refractivity contribution in [3.63, 3.8) is 0 Å². The maximum Gasteiger partial charge on any atom is 0.305 e. The molecule has 76 valence electrons. The van der Waals surface area contributed by atoms with Gasteiger partial charge in [-0.15, -0.1) is 0 Å². The number of carboxylic acids is 1. The highest BCUT2D eigenvalue weighted by molar-refractivity contribution is 5.95. The molecule has 0 saturated carbocycles. The second kappa shape index (κ2) is 3.77. The molecule has 0 aliphatic rings. The van der Waals surface area contributed by atoms with Gasteiger partial charge in [-0.25, -0.2) is 0 Å². The number of hydrogen-bond donors (Lipinski definition) is 3. The number of aliphatic carboxylic acids is 1. The first-order valence-electron chi connectivity index (χ1n) is 3.85. The monoisotopic (exact) mass is 198 g/mol. The Morgan fingerprint density at radius 2 is 2.21 bits per heavy atom. The van der Waals surface area contributed by atoms with E-state index < -0.39 is 11.9 Å². The molecule has 0 fully saturated rings. The van der Waals surface area contributed by atoms with Crippen LogP contribution in [0.5, 0.6) is 0 Å². The minimum atomic E-state index is -0.945. The van der Waals surface area contributed by atoms with Gasteiger partial charge < -0.3 is 16.6 Å². The molecular formula is C7H10N4O3. The zero-order valence-electron chi connectivity index (χ0n) is 7.30. The van der Waals surface area contributed by atoms with Crippen LogP contribution in [0.15, 0.2) is 6.20 Å². The SMILES string of the molecule is NC(=O)c1nn(CCC(=O)O)cc1N.